The summed E-state index contributed by atoms with van der Waals surface area (Å²) in [6.07, 6.45) is 1.50. The molecule has 0 atom stereocenters. The largest absolute Gasteiger partial charge is 0.354 e. The van der Waals surface area contributed by atoms with E-state index < -0.39 is 0 Å². The number of piperazine rings is 1. The van der Waals surface area contributed by atoms with Gasteiger partial charge in [-0.25, -0.2) is 0 Å². The van der Waals surface area contributed by atoms with Crippen LogP contribution in [0.5, 0.6) is 0 Å². The van der Waals surface area contributed by atoms with E-state index in [0.717, 1.165) is 32.0 Å². The summed E-state index contributed by atoms with van der Waals surface area (Å²) in [5, 5.41) is 4.64. The summed E-state index contributed by atoms with van der Waals surface area (Å²) < 4.78 is 1.73. The molecule has 0 saturated carbocycles. The van der Waals surface area contributed by atoms with Gasteiger partial charge in [0.25, 0.3) is 5.78 Å². The Hall–Kier alpha value is -1.40. The minimum atomic E-state index is 0.458. The molecule has 90 valence electrons. The lowest BCUT2D eigenvalue weighted by molar-refractivity contribution is 0.311. The second kappa shape index (κ2) is 4.12. The summed E-state index contributed by atoms with van der Waals surface area (Å²) in [4.78, 5) is 12.8. The molecule has 2 aromatic rings. The molecule has 0 spiro atoms. The van der Waals surface area contributed by atoms with Crippen LogP contribution in [0.15, 0.2) is 12.4 Å². The topological polar surface area (TPSA) is 49.6 Å². The zero-order chi connectivity index (χ0) is 11.8. The van der Waals surface area contributed by atoms with Crippen LogP contribution in [0.2, 0.25) is 5.15 Å². The molecular weight excluding hydrogens is 240 g/mol. The Balaban J connectivity index is 2.01. The highest BCUT2D eigenvalue weighted by Crippen LogP contribution is 2.19. The van der Waals surface area contributed by atoms with Crippen LogP contribution in [-0.2, 0) is 0 Å². The third-order valence-electron chi connectivity index (χ3n) is 3.03. The van der Waals surface area contributed by atoms with E-state index in [2.05, 4.69) is 31.9 Å². The first kappa shape index (κ1) is 10.7. The number of nitrogens with zero attached hydrogens (tertiary/aromatic N) is 6. The van der Waals surface area contributed by atoms with Crippen molar-refractivity contribution in [1.82, 2.24) is 24.5 Å². The molecule has 17 heavy (non-hydrogen) atoms. The van der Waals surface area contributed by atoms with E-state index in [0.29, 0.717) is 10.9 Å². The zero-order valence-electron chi connectivity index (χ0n) is 9.54. The number of aromatic nitrogens is 4. The maximum atomic E-state index is 6.00. The van der Waals surface area contributed by atoms with Crippen molar-refractivity contribution in [3.05, 3.63) is 17.5 Å². The van der Waals surface area contributed by atoms with Crippen molar-refractivity contribution in [2.24, 2.45) is 0 Å². The van der Waals surface area contributed by atoms with Crippen LogP contribution in [0.3, 0.4) is 0 Å². The lowest BCUT2D eigenvalue weighted by Gasteiger charge is -2.33. The highest BCUT2D eigenvalue weighted by Gasteiger charge is 2.18. The number of rotatable bonds is 1. The van der Waals surface area contributed by atoms with E-state index in [1.165, 1.54) is 6.33 Å². The fourth-order valence-electron chi connectivity index (χ4n) is 2.03. The molecular formula is C10H13ClN6. The van der Waals surface area contributed by atoms with E-state index in [4.69, 9.17) is 11.6 Å². The first-order valence-electron chi connectivity index (χ1n) is 5.54. The van der Waals surface area contributed by atoms with Crippen LogP contribution in [0, 0.1) is 0 Å². The van der Waals surface area contributed by atoms with E-state index in [1.807, 2.05) is 6.07 Å². The van der Waals surface area contributed by atoms with Gasteiger partial charge < -0.3 is 9.80 Å². The highest BCUT2D eigenvalue weighted by molar-refractivity contribution is 6.29. The molecule has 6 nitrogen and oxygen atoms in total. The van der Waals surface area contributed by atoms with Gasteiger partial charge in [-0.05, 0) is 7.05 Å². The number of hydrogen-bond donors (Lipinski definition) is 0. The molecule has 0 aromatic carbocycles. The Morgan fingerprint density at radius 1 is 1.24 bits per heavy atom. The van der Waals surface area contributed by atoms with Gasteiger partial charge >= 0.3 is 0 Å². The first-order chi connectivity index (χ1) is 8.24. The van der Waals surface area contributed by atoms with Crippen LogP contribution in [0.1, 0.15) is 0 Å². The lowest BCUT2D eigenvalue weighted by atomic mass is 10.3. The SMILES string of the molecule is CN1CCN(c2cc(Cl)nc3ncnn23)CC1. The van der Waals surface area contributed by atoms with Gasteiger partial charge in [0.1, 0.15) is 17.3 Å². The summed E-state index contributed by atoms with van der Waals surface area (Å²) in [5.41, 5.74) is 0. The van der Waals surface area contributed by atoms with Crippen LogP contribution in [-0.4, -0.2) is 57.7 Å². The number of fused-ring (bicyclic) bond motifs is 1. The van der Waals surface area contributed by atoms with Crippen molar-refractivity contribution in [2.75, 3.05) is 38.1 Å². The van der Waals surface area contributed by atoms with Crippen molar-refractivity contribution in [2.45, 2.75) is 0 Å². The van der Waals surface area contributed by atoms with Crippen molar-refractivity contribution >= 4 is 23.2 Å². The standard InChI is InChI=1S/C10H13ClN6/c1-15-2-4-16(5-3-15)9-6-8(11)14-10-12-7-13-17(9)10/h6-7H,2-5H2,1H3. The highest BCUT2D eigenvalue weighted by atomic mass is 35.5. The summed E-state index contributed by atoms with van der Waals surface area (Å²) >= 11 is 6.00. The fraction of sp³-hybridized carbons (Fsp3) is 0.500. The van der Waals surface area contributed by atoms with E-state index >= 15 is 0 Å². The van der Waals surface area contributed by atoms with Gasteiger partial charge in [0, 0.05) is 32.2 Å². The predicted molar refractivity (Wildman–Crippen MR) is 65.5 cm³/mol. The molecule has 2 aromatic heterocycles. The molecule has 1 aliphatic rings. The van der Waals surface area contributed by atoms with E-state index in [9.17, 15) is 0 Å². The molecule has 0 aliphatic carbocycles. The van der Waals surface area contributed by atoms with Gasteiger partial charge in [-0.2, -0.15) is 19.6 Å². The van der Waals surface area contributed by atoms with Gasteiger partial charge in [-0.3, -0.25) is 0 Å². The van der Waals surface area contributed by atoms with Crippen LogP contribution < -0.4 is 4.90 Å². The smallest absolute Gasteiger partial charge is 0.255 e. The Labute approximate surface area is 104 Å². The Bertz CT molecular complexity index is 531. The quantitative estimate of drug-likeness (QED) is 0.693. The molecule has 1 saturated heterocycles. The maximum absolute atomic E-state index is 6.00. The first-order valence-corrected chi connectivity index (χ1v) is 5.91. The average Bonchev–Trinajstić information content (AvgIpc) is 2.77. The molecule has 0 amide bonds. The van der Waals surface area contributed by atoms with E-state index in [-0.39, 0.29) is 0 Å². The maximum Gasteiger partial charge on any atom is 0.255 e. The van der Waals surface area contributed by atoms with Gasteiger partial charge in [0.2, 0.25) is 0 Å². The molecule has 0 bridgehead atoms. The molecule has 0 unspecified atom stereocenters. The van der Waals surface area contributed by atoms with Crippen LogP contribution in [0.25, 0.3) is 5.78 Å². The Morgan fingerprint density at radius 2 is 2.00 bits per heavy atom. The molecule has 7 heteroatoms. The number of anilines is 1. The Kier molecular flexibility index (Phi) is 2.60. The molecule has 1 fully saturated rings. The number of hydrogen-bond acceptors (Lipinski definition) is 5. The summed E-state index contributed by atoms with van der Waals surface area (Å²) in [5.74, 6) is 1.51. The van der Waals surface area contributed by atoms with Crippen LogP contribution in [0.4, 0.5) is 5.82 Å². The van der Waals surface area contributed by atoms with Crippen molar-refractivity contribution < 1.29 is 0 Å². The van der Waals surface area contributed by atoms with E-state index in [1.54, 1.807) is 4.52 Å². The molecule has 3 rings (SSSR count). The third kappa shape index (κ3) is 1.94. The zero-order valence-corrected chi connectivity index (χ0v) is 10.3. The molecule has 3 heterocycles. The molecule has 0 N–H and O–H groups in total. The summed E-state index contributed by atoms with van der Waals surface area (Å²) in [6, 6.07) is 1.84. The van der Waals surface area contributed by atoms with Crippen molar-refractivity contribution in [3.8, 4) is 0 Å². The summed E-state index contributed by atoms with van der Waals surface area (Å²) in [7, 11) is 2.13. The third-order valence-corrected chi connectivity index (χ3v) is 3.22. The number of halogens is 1. The van der Waals surface area contributed by atoms with Gasteiger partial charge in [-0.1, -0.05) is 11.6 Å². The monoisotopic (exact) mass is 252 g/mol. The van der Waals surface area contributed by atoms with Crippen molar-refractivity contribution in [1.29, 1.82) is 0 Å². The normalized spacial score (nSPS) is 17.9. The minimum absolute atomic E-state index is 0.458. The average molecular weight is 253 g/mol. The predicted octanol–water partition coefficient (Wildman–Crippen LogP) is 0.529. The second-order valence-electron chi connectivity index (χ2n) is 4.20. The Morgan fingerprint density at radius 3 is 2.76 bits per heavy atom. The minimum Gasteiger partial charge on any atom is -0.354 e. The fourth-order valence-corrected chi connectivity index (χ4v) is 2.20. The molecule has 1 aliphatic heterocycles. The van der Waals surface area contributed by atoms with Crippen molar-refractivity contribution in [3.63, 3.8) is 0 Å². The van der Waals surface area contributed by atoms with Gasteiger partial charge in [0.05, 0.1) is 0 Å². The second-order valence-corrected chi connectivity index (χ2v) is 4.59. The van der Waals surface area contributed by atoms with Gasteiger partial charge in [0.15, 0.2) is 0 Å². The lowest BCUT2D eigenvalue weighted by Crippen LogP contribution is -2.45. The van der Waals surface area contributed by atoms with Gasteiger partial charge in [-0.15, -0.1) is 0 Å². The number of likely N-dealkylation sites (N-methyl/N-ethyl adjacent to an activating group) is 1. The summed E-state index contributed by atoms with van der Waals surface area (Å²) in [6.45, 7) is 4.00. The molecule has 0 radical (unpaired) electrons. The van der Waals surface area contributed by atoms with Crippen LogP contribution >= 0.6 is 11.6 Å².